The fourth-order valence-electron chi connectivity index (χ4n) is 1.78. The molecule has 0 bridgehead atoms. The van der Waals surface area contributed by atoms with Crippen molar-refractivity contribution in [3.8, 4) is 6.07 Å². The van der Waals surface area contributed by atoms with Crippen molar-refractivity contribution >= 4 is 5.57 Å². The number of hydrogen-bond donors (Lipinski definition) is 1. The molecule has 0 aliphatic carbocycles. The predicted octanol–water partition coefficient (Wildman–Crippen LogP) is 3.31. The fourth-order valence-corrected chi connectivity index (χ4v) is 1.78. The van der Waals surface area contributed by atoms with Gasteiger partial charge in [-0.2, -0.15) is 5.26 Å². The molecule has 0 amide bonds. The van der Waals surface area contributed by atoms with Gasteiger partial charge in [-0.15, -0.1) is 0 Å². The zero-order chi connectivity index (χ0) is 13.0. The van der Waals surface area contributed by atoms with Crippen molar-refractivity contribution in [2.24, 2.45) is 0 Å². The maximum Gasteiger partial charge on any atom is 0.165 e. The van der Waals surface area contributed by atoms with E-state index in [2.05, 4.69) is 6.58 Å². The average molecular weight is 235 g/mol. The van der Waals surface area contributed by atoms with Crippen LogP contribution in [0.1, 0.15) is 22.8 Å². The highest BCUT2D eigenvalue weighted by Crippen LogP contribution is 2.23. The molecule has 0 aliphatic rings. The summed E-state index contributed by atoms with van der Waals surface area (Å²) in [6.07, 6.45) is -1.09. The zero-order valence-corrected chi connectivity index (χ0v) is 9.88. The number of benzene rings is 2. The highest BCUT2D eigenvalue weighted by atomic mass is 16.3. The summed E-state index contributed by atoms with van der Waals surface area (Å²) in [7, 11) is 0. The number of aliphatic hydroxyl groups excluding tert-OH is 1. The molecule has 1 N–H and O–H groups in total. The molecule has 0 aromatic heterocycles. The quantitative estimate of drug-likeness (QED) is 0.829. The monoisotopic (exact) mass is 235 g/mol. The van der Waals surface area contributed by atoms with E-state index >= 15 is 0 Å². The first-order valence-electron chi connectivity index (χ1n) is 5.64. The van der Waals surface area contributed by atoms with Gasteiger partial charge in [0.1, 0.15) is 0 Å². The van der Waals surface area contributed by atoms with E-state index in [0.717, 1.165) is 16.7 Å². The first kappa shape index (κ1) is 12.1. The average Bonchev–Trinajstić information content (AvgIpc) is 2.46. The van der Waals surface area contributed by atoms with Gasteiger partial charge in [0.25, 0.3) is 0 Å². The molecule has 0 heterocycles. The molecule has 0 spiro atoms. The summed E-state index contributed by atoms with van der Waals surface area (Å²) in [6.45, 7) is 4.06. The Balaban J connectivity index is 2.35. The maximum atomic E-state index is 9.52. The molecule has 2 rings (SSSR count). The first-order chi connectivity index (χ1) is 8.72. The molecule has 0 aliphatic heterocycles. The summed E-state index contributed by atoms with van der Waals surface area (Å²) < 4.78 is 0. The number of aliphatic hydroxyl groups is 1. The van der Waals surface area contributed by atoms with E-state index in [0.29, 0.717) is 5.56 Å². The van der Waals surface area contributed by atoms with Crippen LogP contribution in [0, 0.1) is 11.3 Å². The van der Waals surface area contributed by atoms with Crippen LogP contribution in [0.5, 0.6) is 0 Å². The van der Waals surface area contributed by atoms with Crippen LogP contribution in [-0.4, -0.2) is 5.11 Å². The molecule has 0 fully saturated rings. The summed E-state index contributed by atoms with van der Waals surface area (Å²) >= 11 is 0. The Morgan fingerprint density at radius 3 is 2.39 bits per heavy atom. The lowest BCUT2D eigenvalue weighted by molar-refractivity contribution is 0.236. The molecule has 2 nitrogen and oxygen atoms in total. The first-order valence-corrected chi connectivity index (χ1v) is 5.64. The van der Waals surface area contributed by atoms with Crippen molar-refractivity contribution in [3.05, 3.63) is 77.9 Å². The second-order valence-corrected chi connectivity index (χ2v) is 4.00. The van der Waals surface area contributed by atoms with Crippen molar-refractivity contribution < 1.29 is 5.11 Å². The van der Waals surface area contributed by atoms with Crippen molar-refractivity contribution in [1.82, 2.24) is 0 Å². The van der Waals surface area contributed by atoms with Crippen molar-refractivity contribution in [1.29, 1.82) is 5.26 Å². The van der Waals surface area contributed by atoms with Crippen LogP contribution in [-0.2, 0) is 0 Å². The molecule has 2 aromatic rings. The fraction of sp³-hybridized carbons (Fsp3) is 0.0625. The van der Waals surface area contributed by atoms with Gasteiger partial charge in [-0.3, -0.25) is 0 Å². The molecule has 18 heavy (non-hydrogen) atoms. The number of nitrogens with zero attached hydrogens (tertiary/aromatic N) is 1. The molecule has 88 valence electrons. The zero-order valence-electron chi connectivity index (χ0n) is 9.88. The van der Waals surface area contributed by atoms with Crippen molar-refractivity contribution in [2.45, 2.75) is 6.10 Å². The van der Waals surface area contributed by atoms with E-state index in [9.17, 15) is 5.11 Å². The molecular formula is C16H13NO. The van der Waals surface area contributed by atoms with E-state index in [1.807, 2.05) is 48.5 Å². The molecule has 0 saturated heterocycles. The predicted molar refractivity (Wildman–Crippen MR) is 71.6 cm³/mol. The Bertz CT molecular complexity index is 596. The van der Waals surface area contributed by atoms with Gasteiger partial charge in [0, 0.05) is 0 Å². The van der Waals surface area contributed by atoms with E-state index in [-0.39, 0.29) is 0 Å². The van der Waals surface area contributed by atoms with Gasteiger partial charge < -0.3 is 5.11 Å². The minimum Gasteiger partial charge on any atom is -0.374 e. The second-order valence-electron chi connectivity index (χ2n) is 4.00. The van der Waals surface area contributed by atoms with Crippen LogP contribution in [0.2, 0.25) is 0 Å². The van der Waals surface area contributed by atoms with Gasteiger partial charge in [0.2, 0.25) is 0 Å². The minimum absolute atomic E-state index is 0.590. The van der Waals surface area contributed by atoms with E-state index in [1.165, 1.54) is 0 Å². The highest BCUT2D eigenvalue weighted by Gasteiger charge is 2.08. The Morgan fingerprint density at radius 2 is 1.72 bits per heavy atom. The van der Waals surface area contributed by atoms with E-state index in [1.54, 1.807) is 12.1 Å². The van der Waals surface area contributed by atoms with Crippen molar-refractivity contribution in [3.63, 3.8) is 0 Å². The molecule has 2 heteroatoms. The van der Waals surface area contributed by atoms with Crippen LogP contribution in [0.15, 0.2) is 61.2 Å². The third-order valence-electron chi connectivity index (χ3n) is 2.80. The summed E-state index contributed by atoms with van der Waals surface area (Å²) in [6, 6.07) is 18.9. The smallest absolute Gasteiger partial charge is 0.165 e. The van der Waals surface area contributed by atoms with Crippen LogP contribution in [0.4, 0.5) is 0 Å². The number of hydrogen-bond acceptors (Lipinski definition) is 2. The largest absolute Gasteiger partial charge is 0.374 e. The topological polar surface area (TPSA) is 44.0 Å². The van der Waals surface area contributed by atoms with Gasteiger partial charge in [-0.1, -0.05) is 55.1 Å². The molecule has 1 unspecified atom stereocenters. The summed E-state index contributed by atoms with van der Waals surface area (Å²) in [4.78, 5) is 0. The Morgan fingerprint density at radius 1 is 1.06 bits per heavy atom. The highest BCUT2D eigenvalue weighted by molar-refractivity contribution is 5.78. The lowest BCUT2D eigenvalue weighted by Gasteiger charge is -2.09. The maximum absolute atomic E-state index is 9.52. The van der Waals surface area contributed by atoms with E-state index in [4.69, 9.17) is 5.26 Å². The third kappa shape index (κ3) is 2.48. The molecule has 2 aromatic carbocycles. The third-order valence-corrected chi connectivity index (χ3v) is 2.80. The Labute approximate surface area is 106 Å². The SMILES string of the molecule is C=C(c1ccccc1)c1cccc(C(O)C#N)c1. The molecule has 0 radical (unpaired) electrons. The van der Waals surface area contributed by atoms with Crippen molar-refractivity contribution in [2.75, 3.05) is 0 Å². The van der Waals surface area contributed by atoms with E-state index < -0.39 is 6.10 Å². The number of rotatable bonds is 3. The van der Waals surface area contributed by atoms with Crippen LogP contribution in [0.3, 0.4) is 0 Å². The standard InChI is InChI=1S/C16H13NO/c1-12(13-6-3-2-4-7-13)14-8-5-9-15(10-14)16(18)11-17/h2-10,16,18H,1H2. The molecule has 1 atom stereocenters. The molecule has 0 saturated carbocycles. The lowest BCUT2D eigenvalue weighted by Crippen LogP contribution is -1.95. The van der Waals surface area contributed by atoms with Crippen LogP contribution >= 0.6 is 0 Å². The second kappa shape index (κ2) is 5.31. The number of nitriles is 1. The normalized spacial score (nSPS) is 11.6. The van der Waals surface area contributed by atoms with Gasteiger partial charge >= 0.3 is 0 Å². The summed E-state index contributed by atoms with van der Waals surface area (Å²) in [5.74, 6) is 0. The summed E-state index contributed by atoms with van der Waals surface area (Å²) in [5, 5.41) is 18.2. The van der Waals surface area contributed by atoms with Gasteiger partial charge in [0.15, 0.2) is 6.10 Å². The Hall–Kier alpha value is -2.37. The van der Waals surface area contributed by atoms with Crippen LogP contribution in [0.25, 0.3) is 5.57 Å². The lowest BCUT2D eigenvalue weighted by atomic mass is 9.97. The minimum atomic E-state index is -1.09. The summed E-state index contributed by atoms with van der Waals surface area (Å²) in [5.41, 5.74) is 3.41. The molecular weight excluding hydrogens is 222 g/mol. The van der Waals surface area contributed by atoms with Gasteiger partial charge in [-0.05, 0) is 28.3 Å². The Kier molecular flexibility index (Phi) is 3.57. The van der Waals surface area contributed by atoms with Crippen LogP contribution < -0.4 is 0 Å². The van der Waals surface area contributed by atoms with Gasteiger partial charge in [-0.25, -0.2) is 0 Å². The van der Waals surface area contributed by atoms with Gasteiger partial charge in [0.05, 0.1) is 6.07 Å².